The fourth-order valence-corrected chi connectivity index (χ4v) is 1.14. The van der Waals surface area contributed by atoms with Gasteiger partial charge in [-0.3, -0.25) is 9.59 Å². The number of carboxylic acid groups (broad SMARTS) is 1. The van der Waals surface area contributed by atoms with Crippen LogP contribution in [0.3, 0.4) is 0 Å². The van der Waals surface area contributed by atoms with Crippen LogP contribution in [0.5, 0.6) is 0 Å². The number of aliphatic carboxylic acids is 1. The zero-order valence-electron chi connectivity index (χ0n) is 9.36. The van der Waals surface area contributed by atoms with E-state index in [0.717, 1.165) is 0 Å². The standard InChI is InChI=1S/C13H12NO3/c1-3-10-4-6-11(7-5-10)12(15)14-8-9(2)13(16)17/h4-7,9H,8H2,2H3,(H,14,15)(H,16,17). The third-order valence-electron chi connectivity index (χ3n) is 2.28. The summed E-state index contributed by atoms with van der Waals surface area (Å²) < 4.78 is 0. The molecule has 0 spiro atoms. The van der Waals surface area contributed by atoms with Crippen molar-refractivity contribution in [3.63, 3.8) is 0 Å². The van der Waals surface area contributed by atoms with Crippen LogP contribution >= 0.6 is 0 Å². The molecule has 1 aromatic carbocycles. The summed E-state index contributed by atoms with van der Waals surface area (Å²) in [4.78, 5) is 22.2. The molecule has 1 radical (unpaired) electrons. The van der Waals surface area contributed by atoms with Gasteiger partial charge in [0, 0.05) is 17.7 Å². The first-order chi connectivity index (χ1) is 8.04. The van der Waals surface area contributed by atoms with Crippen LogP contribution in [0, 0.1) is 18.3 Å². The second kappa shape index (κ2) is 5.71. The van der Waals surface area contributed by atoms with Crippen molar-refractivity contribution in [1.82, 2.24) is 5.32 Å². The van der Waals surface area contributed by atoms with E-state index >= 15 is 0 Å². The molecule has 0 saturated heterocycles. The molecule has 4 nitrogen and oxygen atoms in total. The first-order valence-corrected chi connectivity index (χ1v) is 5.08. The minimum Gasteiger partial charge on any atom is -0.481 e. The molecular weight excluding hydrogens is 218 g/mol. The molecule has 1 aromatic rings. The number of amides is 1. The highest BCUT2D eigenvalue weighted by molar-refractivity contribution is 5.94. The Labute approximate surface area is 99.7 Å². The molecule has 2 N–H and O–H groups in total. The molecule has 87 valence electrons. The maximum atomic E-state index is 11.6. The Balaban J connectivity index is 2.58. The second-order valence-corrected chi connectivity index (χ2v) is 3.65. The minimum atomic E-state index is -0.945. The summed E-state index contributed by atoms with van der Waals surface area (Å²) in [5.41, 5.74) is 1.02. The van der Waals surface area contributed by atoms with Gasteiger partial charge in [0.25, 0.3) is 5.91 Å². The fourth-order valence-electron chi connectivity index (χ4n) is 1.14. The Hall–Kier alpha value is -2.28. The summed E-state index contributed by atoms with van der Waals surface area (Å²) in [6.07, 6.45) is 6.89. The molecule has 0 aliphatic heterocycles. The van der Waals surface area contributed by atoms with E-state index in [1.54, 1.807) is 24.3 Å². The van der Waals surface area contributed by atoms with E-state index in [-0.39, 0.29) is 12.5 Å². The maximum Gasteiger partial charge on any atom is 0.308 e. The third kappa shape index (κ3) is 3.65. The smallest absolute Gasteiger partial charge is 0.308 e. The Morgan fingerprint density at radius 2 is 2.00 bits per heavy atom. The van der Waals surface area contributed by atoms with Gasteiger partial charge in [0.2, 0.25) is 0 Å². The van der Waals surface area contributed by atoms with E-state index in [1.807, 2.05) is 0 Å². The molecule has 0 aromatic heterocycles. The number of carbonyl (C=O) groups excluding carboxylic acids is 1. The Morgan fingerprint density at radius 3 is 2.47 bits per heavy atom. The molecule has 1 rings (SSSR count). The van der Waals surface area contributed by atoms with Crippen molar-refractivity contribution < 1.29 is 14.7 Å². The molecular formula is C13H12NO3. The highest BCUT2D eigenvalue weighted by Crippen LogP contribution is 2.03. The van der Waals surface area contributed by atoms with Crippen molar-refractivity contribution in [2.45, 2.75) is 6.92 Å². The Morgan fingerprint density at radius 1 is 1.41 bits per heavy atom. The first kappa shape index (κ1) is 12.8. The van der Waals surface area contributed by atoms with Crippen molar-refractivity contribution >= 4 is 11.9 Å². The lowest BCUT2D eigenvalue weighted by Gasteiger charge is -2.08. The van der Waals surface area contributed by atoms with Gasteiger partial charge >= 0.3 is 5.97 Å². The normalized spacial score (nSPS) is 11.3. The first-order valence-electron chi connectivity index (χ1n) is 5.08. The van der Waals surface area contributed by atoms with Gasteiger partial charge in [-0.15, -0.1) is 0 Å². The summed E-state index contributed by atoms with van der Waals surface area (Å²) >= 11 is 0. The van der Waals surface area contributed by atoms with Crippen LogP contribution in [0.1, 0.15) is 22.8 Å². The summed E-state index contributed by atoms with van der Waals surface area (Å²) in [5, 5.41) is 11.2. The van der Waals surface area contributed by atoms with Gasteiger partial charge in [0.05, 0.1) is 5.92 Å². The molecule has 0 heterocycles. The summed E-state index contributed by atoms with van der Waals surface area (Å²) in [5.74, 6) is 0.312. The van der Waals surface area contributed by atoms with Gasteiger partial charge in [0.1, 0.15) is 0 Å². The lowest BCUT2D eigenvalue weighted by atomic mass is 10.1. The van der Waals surface area contributed by atoms with Crippen molar-refractivity contribution in [2.75, 3.05) is 6.54 Å². The number of hydrogen-bond donors (Lipinski definition) is 2. The molecule has 1 amide bonds. The predicted molar refractivity (Wildman–Crippen MR) is 61.8 cm³/mol. The minimum absolute atomic E-state index is 0.0899. The third-order valence-corrected chi connectivity index (χ3v) is 2.28. The van der Waals surface area contributed by atoms with Crippen LogP contribution in [0.25, 0.3) is 0 Å². The van der Waals surface area contributed by atoms with Gasteiger partial charge in [-0.2, -0.15) is 0 Å². The predicted octanol–water partition coefficient (Wildman–Crippen LogP) is 1.07. The number of benzene rings is 1. The van der Waals surface area contributed by atoms with Crippen molar-refractivity contribution in [3.8, 4) is 5.92 Å². The molecule has 0 aliphatic rings. The number of carbonyl (C=O) groups is 2. The summed E-state index contributed by atoms with van der Waals surface area (Å²) in [7, 11) is 0. The van der Waals surface area contributed by atoms with E-state index in [0.29, 0.717) is 11.1 Å². The van der Waals surface area contributed by atoms with Crippen LogP contribution in [0.15, 0.2) is 24.3 Å². The average Bonchev–Trinajstić information content (AvgIpc) is 2.35. The molecule has 0 aliphatic carbocycles. The van der Waals surface area contributed by atoms with Crippen LogP contribution in [0.2, 0.25) is 0 Å². The largest absolute Gasteiger partial charge is 0.481 e. The monoisotopic (exact) mass is 230 g/mol. The second-order valence-electron chi connectivity index (χ2n) is 3.65. The number of hydrogen-bond acceptors (Lipinski definition) is 2. The Kier molecular flexibility index (Phi) is 4.29. The molecule has 0 bridgehead atoms. The van der Waals surface area contributed by atoms with Crippen LogP contribution in [-0.4, -0.2) is 23.5 Å². The van der Waals surface area contributed by atoms with Crippen molar-refractivity contribution in [1.29, 1.82) is 0 Å². The molecule has 0 fully saturated rings. The SMILES string of the molecule is [C]#Cc1ccc(C(=O)NCC(C)C(=O)O)cc1. The molecule has 4 heteroatoms. The van der Waals surface area contributed by atoms with Gasteiger partial charge in [-0.25, -0.2) is 0 Å². The summed E-state index contributed by atoms with van der Waals surface area (Å²) in [6, 6.07) is 6.33. The van der Waals surface area contributed by atoms with Gasteiger partial charge in [0.15, 0.2) is 0 Å². The van der Waals surface area contributed by atoms with E-state index in [9.17, 15) is 9.59 Å². The van der Waals surface area contributed by atoms with Gasteiger partial charge in [-0.1, -0.05) is 12.8 Å². The molecule has 1 atom stereocenters. The van der Waals surface area contributed by atoms with E-state index in [2.05, 4.69) is 11.2 Å². The maximum absolute atomic E-state index is 11.6. The topological polar surface area (TPSA) is 66.4 Å². The molecule has 0 saturated carbocycles. The zero-order valence-corrected chi connectivity index (χ0v) is 9.36. The molecule has 17 heavy (non-hydrogen) atoms. The van der Waals surface area contributed by atoms with Crippen LogP contribution in [-0.2, 0) is 4.79 Å². The van der Waals surface area contributed by atoms with Crippen molar-refractivity contribution in [2.24, 2.45) is 5.92 Å². The number of nitrogens with one attached hydrogen (secondary N) is 1. The fraction of sp³-hybridized carbons (Fsp3) is 0.231. The Bertz CT molecular complexity index is 457. The highest BCUT2D eigenvalue weighted by atomic mass is 16.4. The van der Waals surface area contributed by atoms with Gasteiger partial charge < -0.3 is 10.4 Å². The van der Waals surface area contributed by atoms with E-state index in [4.69, 9.17) is 11.5 Å². The number of carboxylic acids is 1. The lowest BCUT2D eigenvalue weighted by molar-refractivity contribution is -0.140. The van der Waals surface area contributed by atoms with Crippen LogP contribution in [0.4, 0.5) is 0 Å². The van der Waals surface area contributed by atoms with Crippen LogP contribution < -0.4 is 5.32 Å². The molecule has 1 unspecified atom stereocenters. The average molecular weight is 230 g/mol. The van der Waals surface area contributed by atoms with E-state index < -0.39 is 11.9 Å². The highest BCUT2D eigenvalue weighted by Gasteiger charge is 2.12. The quantitative estimate of drug-likeness (QED) is 0.760. The zero-order chi connectivity index (χ0) is 12.8. The van der Waals surface area contributed by atoms with Crippen molar-refractivity contribution in [3.05, 3.63) is 41.8 Å². The lowest BCUT2D eigenvalue weighted by Crippen LogP contribution is -2.31. The number of rotatable bonds is 4. The van der Waals surface area contributed by atoms with Gasteiger partial charge in [-0.05, 0) is 30.7 Å². The summed E-state index contributed by atoms with van der Waals surface area (Å²) in [6.45, 7) is 1.61. The van der Waals surface area contributed by atoms with E-state index in [1.165, 1.54) is 6.92 Å².